The van der Waals surface area contributed by atoms with Gasteiger partial charge in [-0.2, -0.15) is 0 Å². The lowest BCUT2D eigenvalue weighted by Crippen LogP contribution is -2.07. The van der Waals surface area contributed by atoms with E-state index in [9.17, 15) is 0 Å². The Morgan fingerprint density at radius 3 is 2.00 bits per heavy atom. The van der Waals surface area contributed by atoms with Crippen LogP contribution in [0.5, 0.6) is 0 Å². The first-order valence-corrected chi connectivity index (χ1v) is 4.77. The SMILES string of the molecule is OCCCOCCOCCCCl. The highest BCUT2D eigenvalue weighted by Gasteiger charge is 1.89. The third-order valence-corrected chi connectivity index (χ3v) is 1.51. The van der Waals surface area contributed by atoms with Gasteiger partial charge < -0.3 is 14.6 Å². The summed E-state index contributed by atoms with van der Waals surface area (Å²) in [5.74, 6) is 0.644. The van der Waals surface area contributed by atoms with E-state index in [4.69, 9.17) is 26.2 Å². The highest BCUT2D eigenvalue weighted by Crippen LogP contribution is 1.87. The fraction of sp³-hybridized carbons (Fsp3) is 1.00. The lowest BCUT2D eigenvalue weighted by molar-refractivity contribution is 0.0430. The quantitative estimate of drug-likeness (QED) is 0.442. The first kappa shape index (κ1) is 12.2. The van der Waals surface area contributed by atoms with Gasteiger partial charge in [0, 0.05) is 25.7 Å². The fourth-order valence-corrected chi connectivity index (χ4v) is 0.754. The van der Waals surface area contributed by atoms with Gasteiger partial charge in [-0.1, -0.05) is 0 Å². The first-order chi connectivity index (χ1) is 5.91. The summed E-state index contributed by atoms with van der Waals surface area (Å²) in [5, 5.41) is 8.41. The van der Waals surface area contributed by atoms with Crippen molar-refractivity contribution in [3.63, 3.8) is 0 Å². The van der Waals surface area contributed by atoms with Gasteiger partial charge in [0.15, 0.2) is 0 Å². The Morgan fingerprint density at radius 2 is 1.50 bits per heavy atom. The van der Waals surface area contributed by atoms with E-state index in [1.807, 2.05) is 0 Å². The highest BCUT2D eigenvalue weighted by atomic mass is 35.5. The largest absolute Gasteiger partial charge is 0.396 e. The number of aliphatic hydroxyl groups excluding tert-OH is 1. The molecular weight excluding hydrogens is 180 g/mol. The molecule has 12 heavy (non-hydrogen) atoms. The van der Waals surface area contributed by atoms with Gasteiger partial charge in [0.05, 0.1) is 13.2 Å². The maximum atomic E-state index is 8.41. The number of hydrogen-bond acceptors (Lipinski definition) is 3. The summed E-state index contributed by atoms with van der Waals surface area (Å²) in [6.45, 7) is 2.71. The number of rotatable bonds is 9. The van der Waals surface area contributed by atoms with E-state index < -0.39 is 0 Å². The number of hydrogen-bond donors (Lipinski definition) is 1. The number of aliphatic hydroxyl groups is 1. The summed E-state index contributed by atoms with van der Waals surface area (Å²) < 4.78 is 10.3. The van der Waals surface area contributed by atoms with E-state index in [1.165, 1.54) is 0 Å². The minimum Gasteiger partial charge on any atom is -0.396 e. The maximum absolute atomic E-state index is 8.41. The van der Waals surface area contributed by atoms with Crippen LogP contribution in [0.25, 0.3) is 0 Å². The molecular formula is C8H17ClO3. The molecule has 0 saturated heterocycles. The Balaban J connectivity index is 2.73. The van der Waals surface area contributed by atoms with Crippen LogP contribution in [0.4, 0.5) is 0 Å². The van der Waals surface area contributed by atoms with Gasteiger partial charge in [-0.25, -0.2) is 0 Å². The molecule has 4 heteroatoms. The van der Waals surface area contributed by atoms with Crippen molar-refractivity contribution in [1.82, 2.24) is 0 Å². The second-order valence-electron chi connectivity index (χ2n) is 2.34. The van der Waals surface area contributed by atoms with Gasteiger partial charge in [-0.05, 0) is 12.8 Å². The second-order valence-corrected chi connectivity index (χ2v) is 2.72. The highest BCUT2D eigenvalue weighted by molar-refractivity contribution is 6.17. The first-order valence-electron chi connectivity index (χ1n) is 4.24. The molecule has 0 atom stereocenters. The molecule has 1 N–H and O–H groups in total. The zero-order valence-corrected chi connectivity index (χ0v) is 8.05. The topological polar surface area (TPSA) is 38.7 Å². The van der Waals surface area contributed by atoms with Crippen molar-refractivity contribution in [2.24, 2.45) is 0 Å². The molecule has 0 saturated carbocycles. The van der Waals surface area contributed by atoms with Gasteiger partial charge in [0.25, 0.3) is 0 Å². The van der Waals surface area contributed by atoms with Crippen molar-refractivity contribution in [3.8, 4) is 0 Å². The van der Waals surface area contributed by atoms with E-state index in [2.05, 4.69) is 0 Å². The molecule has 0 amide bonds. The molecule has 0 heterocycles. The molecule has 0 rings (SSSR count). The standard InChI is InChI=1S/C8H17ClO3/c9-3-1-5-11-7-8-12-6-2-4-10/h10H,1-8H2. The van der Waals surface area contributed by atoms with Gasteiger partial charge >= 0.3 is 0 Å². The molecule has 0 aromatic heterocycles. The van der Waals surface area contributed by atoms with Crippen LogP contribution >= 0.6 is 11.6 Å². The van der Waals surface area contributed by atoms with Gasteiger partial charge in [0.1, 0.15) is 0 Å². The van der Waals surface area contributed by atoms with Crippen molar-refractivity contribution < 1.29 is 14.6 Å². The molecule has 0 aliphatic heterocycles. The Kier molecular flexibility index (Phi) is 11.3. The third kappa shape index (κ3) is 10.2. The molecule has 0 aliphatic rings. The zero-order chi connectivity index (χ0) is 9.07. The van der Waals surface area contributed by atoms with E-state index in [-0.39, 0.29) is 6.61 Å². The fourth-order valence-electron chi connectivity index (χ4n) is 0.645. The smallest absolute Gasteiger partial charge is 0.0700 e. The van der Waals surface area contributed by atoms with Crippen LogP contribution in [-0.2, 0) is 9.47 Å². The predicted molar refractivity (Wildman–Crippen MR) is 48.7 cm³/mol. The van der Waals surface area contributed by atoms with E-state index >= 15 is 0 Å². The zero-order valence-electron chi connectivity index (χ0n) is 7.30. The summed E-state index contributed by atoms with van der Waals surface area (Å²) in [6, 6.07) is 0. The average Bonchev–Trinajstić information content (AvgIpc) is 2.10. The molecule has 0 radical (unpaired) electrons. The summed E-state index contributed by atoms with van der Waals surface area (Å²) in [4.78, 5) is 0. The molecule has 3 nitrogen and oxygen atoms in total. The molecule has 74 valence electrons. The van der Waals surface area contributed by atoms with Crippen molar-refractivity contribution >= 4 is 11.6 Å². The minimum atomic E-state index is 0.188. The molecule has 0 aromatic rings. The van der Waals surface area contributed by atoms with Crippen molar-refractivity contribution in [1.29, 1.82) is 0 Å². The number of halogens is 1. The van der Waals surface area contributed by atoms with E-state index in [0.29, 0.717) is 38.7 Å². The van der Waals surface area contributed by atoms with Gasteiger partial charge in [-0.15, -0.1) is 11.6 Å². The summed E-state index contributed by atoms with van der Waals surface area (Å²) in [6.07, 6.45) is 1.58. The van der Waals surface area contributed by atoms with Crippen LogP contribution < -0.4 is 0 Å². The van der Waals surface area contributed by atoms with Gasteiger partial charge in [-0.3, -0.25) is 0 Å². The second kappa shape index (κ2) is 11.2. The normalized spacial score (nSPS) is 10.5. The van der Waals surface area contributed by atoms with Crippen LogP contribution in [0.2, 0.25) is 0 Å². The Bertz CT molecular complexity index is 70.7. The summed E-state index contributed by atoms with van der Waals surface area (Å²) in [7, 11) is 0. The van der Waals surface area contributed by atoms with Gasteiger partial charge in [0.2, 0.25) is 0 Å². The minimum absolute atomic E-state index is 0.188. The molecule has 0 aliphatic carbocycles. The number of ether oxygens (including phenoxy) is 2. The maximum Gasteiger partial charge on any atom is 0.0700 e. The van der Waals surface area contributed by atoms with Crippen LogP contribution in [0.3, 0.4) is 0 Å². The lowest BCUT2D eigenvalue weighted by Gasteiger charge is -2.03. The van der Waals surface area contributed by atoms with Crippen molar-refractivity contribution in [2.45, 2.75) is 12.8 Å². The van der Waals surface area contributed by atoms with Crippen LogP contribution in [0.1, 0.15) is 12.8 Å². The monoisotopic (exact) mass is 196 g/mol. The third-order valence-electron chi connectivity index (χ3n) is 1.24. The summed E-state index contributed by atoms with van der Waals surface area (Å²) in [5.41, 5.74) is 0. The Hall–Kier alpha value is 0.170. The Morgan fingerprint density at radius 1 is 0.917 bits per heavy atom. The van der Waals surface area contributed by atoms with Crippen molar-refractivity contribution in [3.05, 3.63) is 0 Å². The lowest BCUT2D eigenvalue weighted by atomic mass is 10.5. The van der Waals surface area contributed by atoms with E-state index in [1.54, 1.807) is 0 Å². The molecule has 0 aromatic carbocycles. The van der Waals surface area contributed by atoms with Crippen LogP contribution in [0, 0.1) is 0 Å². The molecule has 0 spiro atoms. The molecule has 0 fully saturated rings. The van der Waals surface area contributed by atoms with Crippen LogP contribution in [0.15, 0.2) is 0 Å². The molecule has 0 bridgehead atoms. The van der Waals surface area contributed by atoms with Crippen molar-refractivity contribution in [2.75, 3.05) is 38.9 Å². The molecule has 0 unspecified atom stereocenters. The van der Waals surface area contributed by atoms with E-state index in [0.717, 1.165) is 6.42 Å². The number of alkyl halides is 1. The predicted octanol–water partition coefficient (Wildman–Crippen LogP) is 1.03. The van der Waals surface area contributed by atoms with Crippen LogP contribution in [-0.4, -0.2) is 44.0 Å². The summed E-state index contributed by atoms with van der Waals surface area (Å²) >= 11 is 5.44. The Labute approximate surface area is 78.6 Å². The average molecular weight is 197 g/mol.